The van der Waals surface area contributed by atoms with Gasteiger partial charge >= 0.3 is 11.9 Å². The first-order valence-corrected chi connectivity index (χ1v) is 8.35. The molecule has 0 saturated carbocycles. The number of ether oxygens (including phenoxy) is 2. The highest BCUT2D eigenvalue weighted by Crippen LogP contribution is 2.41. The maximum absolute atomic E-state index is 13.0. The van der Waals surface area contributed by atoms with Crippen molar-refractivity contribution in [2.24, 2.45) is 0 Å². The van der Waals surface area contributed by atoms with Gasteiger partial charge in [-0.1, -0.05) is 48.5 Å². The van der Waals surface area contributed by atoms with Crippen LogP contribution in [-0.4, -0.2) is 18.5 Å². The summed E-state index contributed by atoms with van der Waals surface area (Å²) < 4.78 is 10.7. The number of allylic oxidation sites excluding steroid dienone is 1. The number of dihydropyridines is 1. The van der Waals surface area contributed by atoms with E-state index >= 15 is 0 Å². The van der Waals surface area contributed by atoms with Crippen LogP contribution in [0.3, 0.4) is 0 Å². The predicted octanol–water partition coefficient (Wildman–Crippen LogP) is 3.06. The Balaban J connectivity index is 1.77. The standard InChI is InChI=1S/C21H17NO4/c1-13-17(21(24)26-15-10-6-3-7-11-15)18(14-8-4-2-5-9-14)19-16(22-13)12-25-20(19)23/h2-11,18,22H,12H2,1H3. The molecule has 1 N–H and O–H groups in total. The van der Waals surface area contributed by atoms with Gasteiger partial charge in [-0.15, -0.1) is 0 Å². The molecule has 0 radical (unpaired) electrons. The lowest BCUT2D eigenvalue weighted by Crippen LogP contribution is -2.31. The van der Waals surface area contributed by atoms with E-state index in [1.54, 1.807) is 24.3 Å². The van der Waals surface area contributed by atoms with Crippen molar-refractivity contribution >= 4 is 11.9 Å². The molecule has 5 nitrogen and oxygen atoms in total. The lowest BCUT2D eigenvalue weighted by Gasteiger charge is -2.27. The Bertz CT molecular complexity index is 929. The first-order valence-electron chi connectivity index (χ1n) is 8.35. The van der Waals surface area contributed by atoms with Crippen LogP contribution in [0.4, 0.5) is 0 Å². The van der Waals surface area contributed by atoms with Gasteiger partial charge in [0.1, 0.15) is 12.4 Å². The van der Waals surface area contributed by atoms with Crippen molar-refractivity contribution in [3.8, 4) is 5.75 Å². The smallest absolute Gasteiger partial charge is 0.342 e. The fourth-order valence-electron chi connectivity index (χ4n) is 3.37. The van der Waals surface area contributed by atoms with Gasteiger partial charge in [-0.3, -0.25) is 0 Å². The van der Waals surface area contributed by atoms with E-state index in [1.807, 2.05) is 43.3 Å². The number of carbonyl (C=O) groups is 2. The van der Waals surface area contributed by atoms with Crippen molar-refractivity contribution in [1.82, 2.24) is 5.32 Å². The molecule has 5 heteroatoms. The third-order valence-electron chi connectivity index (χ3n) is 4.52. The summed E-state index contributed by atoms with van der Waals surface area (Å²) in [4.78, 5) is 25.3. The van der Waals surface area contributed by atoms with Gasteiger partial charge in [0.15, 0.2) is 0 Å². The van der Waals surface area contributed by atoms with Crippen LogP contribution in [0.5, 0.6) is 5.75 Å². The zero-order valence-corrected chi connectivity index (χ0v) is 14.2. The molecule has 2 aromatic carbocycles. The van der Waals surface area contributed by atoms with Crippen LogP contribution < -0.4 is 10.1 Å². The van der Waals surface area contributed by atoms with Gasteiger partial charge in [0.05, 0.1) is 22.8 Å². The topological polar surface area (TPSA) is 64.6 Å². The molecule has 1 atom stereocenters. The zero-order chi connectivity index (χ0) is 18.1. The fraction of sp³-hybridized carbons (Fsp3) is 0.143. The number of benzene rings is 2. The summed E-state index contributed by atoms with van der Waals surface area (Å²) in [5, 5.41) is 3.14. The first-order chi connectivity index (χ1) is 12.6. The highest BCUT2D eigenvalue weighted by Gasteiger charge is 2.41. The van der Waals surface area contributed by atoms with E-state index in [0.29, 0.717) is 28.3 Å². The van der Waals surface area contributed by atoms with Crippen LogP contribution in [0.1, 0.15) is 18.4 Å². The predicted molar refractivity (Wildman–Crippen MR) is 95.1 cm³/mol. The van der Waals surface area contributed by atoms with Crippen molar-refractivity contribution in [2.45, 2.75) is 12.8 Å². The van der Waals surface area contributed by atoms with E-state index in [1.165, 1.54) is 0 Å². The van der Waals surface area contributed by atoms with E-state index in [2.05, 4.69) is 5.32 Å². The van der Waals surface area contributed by atoms with Crippen LogP contribution in [0, 0.1) is 0 Å². The van der Waals surface area contributed by atoms with Crippen LogP contribution in [0.25, 0.3) is 0 Å². The van der Waals surface area contributed by atoms with Gasteiger partial charge in [0.25, 0.3) is 0 Å². The van der Waals surface area contributed by atoms with Gasteiger partial charge in [0.2, 0.25) is 0 Å². The average Bonchev–Trinajstić information content (AvgIpc) is 3.02. The molecule has 26 heavy (non-hydrogen) atoms. The van der Waals surface area contributed by atoms with Gasteiger partial charge in [-0.2, -0.15) is 0 Å². The summed E-state index contributed by atoms with van der Waals surface area (Å²) in [5.41, 5.74) is 3.11. The second-order valence-corrected chi connectivity index (χ2v) is 6.18. The minimum atomic E-state index is -0.515. The molecule has 2 heterocycles. The quantitative estimate of drug-likeness (QED) is 0.683. The molecule has 2 aliphatic rings. The summed E-state index contributed by atoms with van der Waals surface area (Å²) in [6.07, 6.45) is 0. The van der Waals surface area contributed by atoms with Crippen molar-refractivity contribution < 1.29 is 19.1 Å². The molecule has 2 aliphatic heterocycles. The number of nitrogens with one attached hydrogen (secondary N) is 1. The van der Waals surface area contributed by atoms with Crippen LogP contribution >= 0.6 is 0 Å². The number of cyclic esters (lactones) is 1. The molecule has 4 rings (SSSR count). The maximum Gasteiger partial charge on any atom is 0.342 e. The minimum absolute atomic E-state index is 0.190. The number of hydrogen-bond donors (Lipinski definition) is 1. The van der Waals surface area contributed by atoms with Crippen molar-refractivity contribution in [3.63, 3.8) is 0 Å². The van der Waals surface area contributed by atoms with Gasteiger partial charge in [0, 0.05) is 5.70 Å². The average molecular weight is 347 g/mol. The van der Waals surface area contributed by atoms with Gasteiger partial charge < -0.3 is 14.8 Å². The first kappa shape index (κ1) is 16.1. The summed E-state index contributed by atoms with van der Waals surface area (Å²) in [6.45, 7) is 2.00. The Labute approximate surface area is 150 Å². The summed E-state index contributed by atoms with van der Waals surface area (Å²) in [7, 11) is 0. The molecule has 130 valence electrons. The Morgan fingerprint density at radius 1 is 1.08 bits per heavy atom. The zero-order valence-electron chi connectivity index (χ0n) is 14.2. The molecular formula is C21H17NO4. The lowest BCUT2D eigenvalue weighted by molar-refractivity contribution is -0.136. The highest BCUT2D eigenvalue weighted by molar-refractivity contribution is 6.01. The Kier molecular flexibility index (Phi) is 4.05. The fourth-order valence-corrected chi connectivity index (χ4v) is 3.37. The normalized spacial score (nSPS) is 19.0. The van der Waals surface area contributed by atoms with E-state index in [-0.39, 0.29) is 6.61 Å². The Morgan fingerprint density at radius 3 is 2.42 bits per heavy atom. The van der Waals surface area contributed by atoms with E-state index in [0.717, 1.165) is 5.56 Å². The molecule has 0 fully saturated rings. The molecule has 2 aromatic rings. The number of esters is 2. The molecule has 0 aliphatic carbocycles. The molecule has 0 saturated heterocycles. The molecule has 1 unspecified atom stereocenters. The second-order valence-electron chi connectivity index (χ2n) is 6.18. The number of rotatable bonds is 3. The summed E-state index contributed by atoms with van der Waals surface area (Å²) in [5.74, 6) is -0.947. The Hall–Kier alpha value is -3.34. The monoisotopic (exact) mass is 347 g/mol. The summed E-state index contributed by atoms with van der Waals surface area (Å²) >= 11 is 0. The van der Waals surface area contributed by atoms with Gasteiger partial charge in [-0.05, 0) is 24.6 Å². The van der Waals surface area contributed by atoms with E-state index < -0.39 is 17.9 Å². The van der Waals surface area contributed by atoms with Crippen molar-refractivity contribution in [1.29, 1.82) is 0 Å². The van der Waals surface area contributed by atoms with Gasteiger partial charge in [-0.25, -0.2) is 9.59 Å². The molecule has 0 spiro atoms. The molecular weight excluding hydrogens is 330 g/mol. The highest BCUT2D eigenvalue weighted by atomic mass is 16.5. The molecule has 0 amide bonds. The van der Waals surface area contributed by atoms with Crippen LogP contribution in [0.2, 0.25) is 0 Å². The van der Waals surface area contributed by atoms with Crippen LogP contribution in [0.15, 0.2) is 83.2 Å². The van der Waals surface area contributed by atoms with Crippen LogP contribution in [-0.2, 0) is 14.3 Å². The SMILES string of the molecule is CC1=C(C(=O)Oc2ccccc2)C(c2ccccc2)C2=C(COC2=O)N1. The van der Waals surface area contributed by atoms with E-state index in [9.17, 15) is 9.59 Å². The molecule has 0 bridgehead atoms. The van der Waals surface area contributed by atoms with Crippen molar-refractivity contribution in [3.05, 3.63) is 88.8 Å². The molecule has 0 aromatic heterocycles. The minimum Gasteiger partial charge on any atom is -0.456 e. The number of hydrogen-bond acceptors (Lipinski definition) is 5. The van der Waals surface area contributed by atoms with E-state index in [4.69, 9.17) is 9.47 Å². The maximum atomic E-state index is 13.0. The third-order valence-corrected chi connectivity index (χ3v) is 4.52. The second kappa shape index (κ2) is 6.52. The summed E-state index contributed by atoms with van der Waals surface area (Å²) in [6, 6.07) is 18.3. The third kappa shape index (κ3) is 2.77. The Morgan fingerprint density at radius 2 is 1.73 bits per heavy atom. The number of carbonyl (C=O) groups excluding carboxylic acids is 2. The van der Waals surface area contributed by atoms with Crippen molar-refractivity contribution in [2.75, 3.05) is 6.61 Å². The lowest BCUT2D eigenvalue weighted by atomic mass is 9.81. The number of para-hydroxylation sites is 1. The largest absolute Gasteiger partial charge is 0.456 e.